The molecule has 1 nitrogen and oxygen atoms in total. The Labute approximate surface area is 85.7 Å². The van der Waals surface area contributed by atoms with Gasteiger partial charge in [-0.2, -0.15) is 0 Å². The highest BCUT2D eigenvalue weighted by Crippen LogP contribution is 2.33. The summed E-state index contributed by atoms with van der Waals surface area (Å²) in [6, 6.07) is 0. The van der Waals surface area contributed by atoms with Gasteiger partial charge in [-0.25, -0.2) is 0 Å². The zero-order valence-electron chi connectivity index (χ0n) is 8.93. The van der Waals surface area contributed by atoms with Crippen LogP contribution >= 0.6 is 11.8 Å². The second-order valence-corrected chi connectivity index (χ2v) is 6.70. The molecule has 0 radical (unpaired) electrons. The summed E-state index contributed by atoms with van der Waals surface area (Å²) in [4.78, 5) is 11.8. The Morgan fingerprint density at radius 2 is 1.69 bits per heavy atom. The topological polar surface area (TPSA) is 17.1 Å². The lowest BCUT2D eigenvalue weighted by Gasteiger charge is -2.24. The van der Waals surface area contributed by atoms with Crippen LogP contribution in [-0.4, -0.2) is 9.86 Å². The van der Waals surface area contributed by atoms with Gasteiger partial charge in [0.1, 0.15) is 0 Å². The van der Waals surface area contributed by atoms with Crippen LogP contribution in [0.5, 0.6) is 0 Å². The van der Waals surface area contributed by atoms with Crippen LogP contribution in [0.3, 0.4) is 0 Å². The molecule has 0 aromatic heterocycles. The third-order valence-electron chi connectivity index (χ3n) is 2.35. The standard InChI is InChI=1S/C11H20OS/c1-11(2,3)13-10(12)9-7-5-4-6-8-9/h9H,4-8H2,1-3H3. The van der Waals surface area contributed by atoms with E-state index in [4.69, 9.17) is 0 Å². The number of hydrogen-bond acceptors (Lipinski definition) is 2. The molecule has 0 N–H and O–H groups in total. The Balaban J connectivity index is 2.38. The summed E-state index contributed by atoms with van der Waals surface area (Å²) >= 11 is 1.52. The van der Waals surface area contributed by atoms with Crippen molar-refractivity contribution in [3.05, 3.63) is 0 Å². The molecule has 0 aromatic rings. The van der Waals surface area contributed by atoms with E-state index in [-0.39, 0.29) is 4.75 Å². The van der Waals surface area contributed by atoms with Gasteiger partial charge in [0.15, 0.2) is 5.12 Å². The minimum Gasteiger partial charge on any atom is -0.287 e. The van der Waals surface area contributed by atoms with Crippen LogP contribution in [0.25, 0.3) is 0 Å². The van der Waals surface area contributed by atoms with Crippen LogP contribution < -0.4 is 0 Å². The molecule has 2 heteroatoms. The van der Waals surface area contributed by atoms with Gasteiger partial charge >= 0.3 is 0 Å². The Kier molecular flexibility index (Phi) is 3.84. The number of rotatable bonds is 1. The second-order valence-electron chi connectivity index (χ2n) is 4.87. The first-order chi connectivity index (χ1) is 5.99. The molecule has 0 spiro atoms. The summed E-state index contributed by atoms with van der Waals surface area (Å²) in [5.41, 5.74) is 0. The smallest absolute Gasteiger partial charge is 0.192 e. The molecule has 0 bridgehead atoms. The summed E-state index contributed by atoms with van der Waals surface area (Å²) in [7, 11) is 0. The van der Waals surface area contributed by atoms with Crippen LogP contribution in [0.2, 0.25) is 0 Å². The third kappa shape index (κ3) is 4.17. The molecule has 0 unspecified atom stereocenters. The molecule has 1 fully saturated rings. The lowest BCUT2D eigenvalue weighted by molar-refractivity contribution is -0.115. The van der Waals surface area contributed by atoms with Crippen molar-refractivity contribution in [3.63, 3.8) is 0 Å². The van der Waals surface area contributed by atoms with Crippen LogP contribution in [-0.2, 0) is 4.79 Å². The van der Waals surface area contributed by atoms with E-state index in [0.717, 1.165) is 12.8 Å². The molecular weight excluding hydrogens is 180 g/mol. The van der Waals surface area contributed by atoms with Gasteiger partial charge in [-0.1, -0.05) is 51.8 Å². The Morgan fingerprint density at radius 3 is 2.15 bits per heavy atom. The largest absolute Gasteiger partial charge is 0.287 e. The Hall–Kier alpha value is 0.0200. The van der Waals surface area contributed by atoms with Crippen LogP contribution in [0.4, 0.5) is 0 Å². The molecule has 0 heterocycles. The SMILES string of the molecule is CC(C)(C)SC(=O)C1CCCCC1. The zero-order valence-corrected chi connectivity index (χ0v) is 9.75. The molecule has 0 aliphatic heterocycles. The molecule has 0 atom stereocenters. The molecule has 1 aliphatic carbocycles. The van der Waals surface area contributed by atoms with E-state index >= 15 is 0 Å². The maximum Gasteiger partial charge on any atom is 0.192 e. The fourth-order valence-corrected chi connectivity index (χ4v) is 2.73. The van der Waals surface area contributed by atoms with Crippen LogP contribution in [0.1, 0.15) is 52.9 Å². The second kappa shape index (κ2) is 4.50. The summed E-state index contributed by atoms with van der Waals surface area (Å²) < 4.78 is 0.0918. The highest BCUT2D eigenvalue weighted by Gasteiger charge is 2.25. The first-order valence-electron chi connectivity index (χ1n) is 5.22. The highest BCUT2D eigenvalue weighted by atomic mass is 32.2. The molecule has 1 rings (SSSR count). The lowest BCUT2D eigenvalue weighted by Crippen LogP contribution is -2.20. The third-order valence-corrected chi connectivity index (χ3v) is 3.49. The van der Waals surface area contributed by atoms with E-state index in [0.29, 0.717) is 11.0 Å². The van der Waals surface area contributed by atoms with Crippen molar-refractivity contribution < 1.29 is 4.79 Å². The predicted molar refractivity (Wildman–Crippen MR) is 58.9 cm³/mol. The van der Waals surface area contributed by atoms with E-state index in [1.807, 2.05) is 0 Å². The average molecular weight is 200 g/mol. The van der Waals surface area contributed by atoms with Crippen LogP contribution in [0, 0.1) is 5.92 Å². The van der Waals surface area contributed by atoms with Gasteiger partial charge in [0.25, 0.3) is 0 Å². The Morgan fingerprint density at radius 1 is 1.15 bits per heavy atom. The molecule has 0 amide bonds. The fourth-order valence-electron chi connectivity index (χ4n) is 1.72. The number of carbonyl (C=O) groups is 1. The van der Waals surface area contributed by atoms with E-state index in [9.17, 15) is 4.79 Å². The number of thioether (sulfide) groups is 1. The van der Waals surface area contributed by atoms with Crippen molar-refractivity contribution in [2.75, 3.05) is 0 Å². The first-order valence-corrected chi connectivity index (χ1v) is 6.03. The minimum absolute atomic E-state index is 0.0918. The number of carbonyl (C=O) groups excluding carboxylic acids is 1. The summed E-state index contributed by atoms with van der Waals surface area (Å²) in [5, 5.41) is 0.423. The van der Waals surface area contributed by atoms with Crippen molar-refractivity contribution in [1.82, 2.24) is 0 Å². The first kappa shape index (κ1) is 11.1. The quantitative estimate of drug-likeness (QED) is 0.643. The zero-order chi connectivity index (χ0) is 9.90. The van der Waals surface area contributed by atoms with Gasteiger partial charge in [-0.15, -0.1) is 0 Å². The van der Waals surface area contributed by atoms with Crippen molar-refractivity contribution in [1.29, 1.82) is 0 Å². The highest BCUT2D eigenvalue weighted by molar-refractivity contribution is 8.14. The van der Waals surface area contributed by atoms with E-state index in [1.54, 1.807) is 0 Å². The minimum atomic E-state index is 0.0918. The molecule has 76 valence electrons. The molecule has 1 aliphatic rings. The van der Waals surface area contributed by atoms with Gasteiger partial charge in [0.2, 0.25) is 0 Å². The molecule has 13 heavy (non-hydrogen) atoms. The maximum atomic E-state index is 11.8. The van der Waals surface area contributed by atoms with Gasteiger partial charge in [0.05, 0.1) is 0 Å². The van der Waals surface area contributed by atoms with Crippen molar-refractivity contribution in [2.24, 2.45) is 5.92 Å². The van der Waals surface area contributed by atoms with Crippen molar-refractivity contribution in [3.8, 4) is 0 Å². The molecule has 1 saturated carbocycles. The van der Waals surface area contributed by atoms with Crippen LogP contribution in [0.15, 0.2) is 0 Å². The van der Waals surface area contributed by atoms with Gasteiger partial charge < -0.3 is 0 Å². The maximum absolute atomic E-state index is 11.8. The van der Waals surface area contributed by atoms with E-state index < -0.39 is 0 Å². The number of hydrogen-bond donors (Lipinski definition) is 0. The summed E-state index contributed by atoms with van der Waals surface area (Å²) in [5.74, 6) is 0.359. The molecular formula is C11H20OS. The summed E-state index contributed by atoms with van der Waals surface area (Å²) in [6.45, 7) is 6.33. The van der Waals surface area contributed by atoms with Gasteiger partial charge in [-0.05, 0) is 12.8 Å². The predicted octanol–water partition coefficient (Wildman–Crippen LogP) is 3.63. The van der Waals surface area contributed by atoms with E-state index in [2.05, 4.69) is 20.8 Å². The fraction of sp³-hybridized carbons (Fsp3) is 0.909. The lowest BCUT2D eigenvalue weighted by atomic mass is 9.90. The van der Waals surface area contributed by atoms with Crippen molar-refractivity contribution in [2.45, 2.75) is 57.6 Å². The molecule has 0 aromatic carbocycles. The monoisotopic (exact) mass is 200 g/mol. The van der Waals surface area contributed by atoms with Gasteiger partial charge in [-0.3, -0.25) is 4.79 Å². The Bertz CT molecular complexity index is 175. The van der Waals surface area contributed by atoms with E-state index in [1.165, 1.54) is 31.0 Å². The summed E-state index contributed by atoms with van der Waals surface area (Å²) in [6.07, 6.45) is 6.08. The average Bonchev–Trinajstić information content (AvgIpc) is 2.03. The normalized spacial score (nSPS) is 20.2. The molecule has 0 saturated heterocycles. The van der Waals surface area contributed by atoms with Crippen molar-refractivity contribution >= 4 is 16.9 Å². The van der Waals surface area contributed by atoms with Gasteiger partial charge in [0, 0.05) is 10.7 Å².